The van der Waals surface area contributed by atoms with E-state index in [1.165, 1.54) is 18.2 Å². The monoisotopic (exact) mass is 367 g/mol. The highest BCUT2D eigenvalue weighted by atomic mass is 19.1. The number of hydrogen-bond acceptors (Lipinski definition) is 4. The van der Waals surface area contributed by atoms with Crippen LogP contribution in [-0.2, 0) is 0 Å². The molecule has 0 radical (unpaired) electrons. The minimum atomic E-state index is -0.549. The molecule has 0 aromatic heterocycles. The van der Waals surface area contributed by atoms with Crippen molar-refractivity contribution in [3.8, 4) is 28.4 Å². The Kier molecular flexibility index (Phi) is 5.35. The average Bonchev–Trinajstić information content (AvgIpc) is 2.64. The summed E-state index contributed by atoms with van der Waals surface area (Å²) < 4.78 is 26.2. The number of nitro groups is 1. The molecule has 0 fully saturated rings. The van der Waals surface area contributed by atoms with Crippen molar-refractivity contribution in [3.63, 3.8) is 0 Å². The summed E-state index contributed by atoms with van der Waals surface area (Å²) in [6, 6.07) is 16.4. The Morgan fingerprint density at radius 1 is 1.07 bits per heavy atom. The molecular formula is C21H18FNO4. The van der Waals surface area contributed by atoms with E-state index in [4.69, 9.17) is 9.47 Å². The van der Waals surface area contributed by atoms with Crippen molar-refractivity contribution in [1.29, 1.82) is 0 Å². The largest absolute Gasteiger partial charge is 0.487 e. The summed E-state index contributed by atoms with van der Waals surface area (Å²) >= 11 is 0. The molecule has 138 valence electrons. The van der Waals surface area contributed by atoms with Crippen molar-refractivity contribution < 1.29 is 18.8 Å². The molecule has 0 amide bonds. The predicted octanol–water partition coefficient (Wildman–Crippen LogP) is 5.90. The van der Waals surface area contributed by atoms with E-state index < -0.39 is 10.7 Å². The molecule has 0 saturated carbocycles. The lowest BCUT2D eigenvalue weighted by atomic mass is 10.00. The molecular weight excluding hydrogens is 349 g/mol. The normalized spacial score (nSPS) is 10.5. The summed E-state index contributed by atoms with van der Waals surface area (Å²) in [4.78, 5) is 10.9. The second-order valence-electron chi connectivity index (χ2n) is 5.88. The summed E-state index contributed by atoms with van der Waals surface area (Å²) in [5.74, 6) is 0.286. The van der Waals surface area contributed by atoms with Gasteiger partial charge in [0, 0.05) is 11.6 Å². The van der Waals surface area contributed by atoms with Gasteiger partial charge in [-0.25, -0.2) is 4.39 Å². The van der Waals surface area contributed by atoms with E-state index in [1.54, 1.807) is 50.2 Å². The molecule has 0 aliphatic rings. The van der Waals surface area contributed by atoms with Gasteiger partial charge in [-0.15, -0.1) is 0 Å². The van der Waals surface area contributed by atoms with Gasteiger partial charge in [-0.05, 0) is 43.7 Å². The maximum atomic E-state index is 14.7. The van der Waals surface area contributed by atoms with Gasteiger partial charge in [0.15, 0.2) is 0 Å². The molecule has 0 heterocycles. The quantitative estimate of drug-likeness (QED) is 0.402. The molecule has 0 bridgehead atoms. The molecule has 0 aliphatic carbocycles. The summed E-state index contributed by atoms with van der Waals surface area (Å²) in [5.41, 5.74) is 0.892. The fourth-order valence-corrected chi connectivity index (χ4v) is 2.77. The van der Waals surface area contributed by atoms with Crippen LogP contribution in [0.3, 0.4) is 0 Å². The molecule has 27 heavy (non-hydrogen) atoms. The molecule has 0 spiro atoms. The van der Waals surface area contributed by atoms with Crippen molar-refractivity contribution in [1.82, 2.24) is 0 Å². The number of nitro benzene ring substituents is 1. The molecule has 3 aromatic rings. The zero-order valence-electron chi connectivity index (χ0n) is 14.9. The molecule has 0 N–H and O–H groups in total. The third kappa shape index (κ3) is 3.89. The Hall–Kier alpha value is -3.41. The third-order valence-corrected chi connectivity index (χ3v) is 3.95. The highest BCUT2D eigenvalue weighted by molar-refractivity contribution is 5.82. The number of halogens is 1. The number of para-hydroxylation sites is 1. The van der Waals surface area contributed by atoms with Gasteiger partial charge < -0.3 is 9.47 Å². The first kappa shape index (κ1) is 18.4. The molecule has 0 unspecified atom stereocenters. The van der Waals surface area contributed by atoms with Gasteiger partial charge in [-0.2, -0.15) is 0 Å². The molecule has 0 atom stereocenters. The molecule has 0 aliphatic heterocycles. The summed E-state index contributed by atoms with van der Waals surface area (Å²) in [6.45, 7) is 3.67. The Balaban J connectivity index is 2.26. The SMILES string of the molecule is CCOc1c([N+](=O)[O-])ccc(Oc2ccccc2)c1-c1ccc(C)cc1F. The maximum Gasteiger partial charge on any atom is 0.311 e. The fourth-order valence-electron chi connectivity index (χ4n) is 2.77. The zero-order chi connectivity index (χ0) is 19.4. The van der Waals surface area contributed by atoms with Crippen LogP contribution in [0.15, 0.2) is 60.7 Å². The summed E-state index contributed by atoms with van der Waals surface area (Å²) in [5, 5.41) is 11.5. The maximum absolute atomic E-state index is 14.7. The second kappa shape index (κ2) is 7.86. The van der Waals surface area contributed by atoms with Crippen molar-refractivity contribution in [2.45, 2.75) is 13.8 Å². The third-order valence-electron chi connectivity index (χ3n) is 3.95. The number of aryl methyl sites for hydroxylation is 1. The highest BCUT2D eigenvalue weighted by Gasteiger charge is 2.26. The summed E-state index contributed by atoms with van der Waals surface area (Å²) in [7, 11) is 0. The zero-order valence-corrected chi connectivity index (χ0v) is 14.9. The van der Waals surface area contributed by atoms with Gasteiger partial charge in [0.1, 0.15) is 17.3 Å². The number of hydrogen-bond donors (Lipinski definition) is 0. The van der Waals surface area contributed by atoms with E-state index >= 15 is 0 Å². The van der Waals surface area contributed by atoms with E-state index in [-0.39, 0.29) is 34.9 Å². The average molecular weight is 367 g/mol. The molecule has 6 heteroatoms. The molecule has 0 saturated heterocycles. The van der Waals surface area contributed by atoms with Crippen LogP contribution in [0.25, 0.3) is 11.1 Å². The number of ether oxygens (including phenoxy) is 2. The van der Waals surface area contributed by atoms with Crippen LogP contribution in [0.2, 0.25) is 0 Å². The number of rotatable bonds is 6. The predicted molar refractivity (Wildman–Crippen MR) is 101 cm³/mol. The van der Waals surface area contributed by atoms with Crippen LogP contribution < -0.4 is 9.47 Å². The number of nitrogens with zero attached hydrogens (tertiary/aromatic N) is 1. The minimum absolute atomic E-state index is 0.0151. The lowest BCUT2D eigenvalue weighted by Gasteiger charge is -2.17. The Morgan fingerprint density at radius 3 is 2.44 bits per heavy atom. The first-order valence-electron chi connectivity index (χ1n) is 8.45. The van der Waals surface area contributed by atoms with Crippen LogP contribution in [0.5, 0.6) is 17.2 Å². The van der Waals surface area contributed by atoms with Crippen molar-refractivity contribution in [3.05, 3.63) is 82.2 Å². The van der Waals surface area contributed by atoms with Crippen LogP contribution in [0.1, 0.15) is 12.5 Å². The van der Waals surface area contributed by atoms with Gasteiger partial charge in [0.2, 0.25) is 5.75 Å². The van der Waals surface area contributed by atoms with Gasteiger partial charge in [0.05, 0.1) is 17.1 Å². The first-order valence-corrected chi connectivity index (χ1v) is 8.45. The molecule has 5 nitrogen and oxygen atoms in total. The fraction of sp³-hybridized carbons (Fsp3) is 0.143. The standard InChI is InChI=1S/C21H18FNO4/c1-3-26-21-18(23(24)25)11-12-19(27-15-7-5-4-6-8-15)20(21)16-10-9-14(2)13-17(16)22/h4-13H,3H2,1-2H3. The van der Waals surface area contributed by atoms with Crippen LogP contribution >= 0.6 is 0 Å². The lowest BCUT2D eigenvalue weighted by Crippen LogP contribution is -2.02. The topological polar surface area (TPSA) is 61.6 Å². The molecule has 3 rings (SSSR count). The Morgan fingerprint density at radius 2 is 1.81 bits per heavy atom. The first-order chi connectivity index (χ1) is 13.0. The van der Waals surface area contributed by atoms with E-state index in [0.717, 1.165) is 5.56 Å². The second-order valence-corrected chi connectivity index (χ2v) is 5.88. The van der Waals surface area contributed by atoms with E-state index in [1.807, 2.05) is 6.07 Å². The smallest absolute Gasteiger partial charge is 0.311 e. The van der Waals surface area contributed by atoms with Gasteiger partial charge in [-0.1, -0.05) is 30.3 Å². The van der Waals surface area contributed by atoms with E-state index in [0.29, 0.717) is 5.75 Å². The van der Waals surface area contributed by atoms with Gasteiger partial charge in [-0.3, -0.25) is 10.1 Å². The lowest BCUT2D eigenvalue weighted by molar-refractivity contribution is -0.385. The van der Waals surface area contributed by atoms with Crippen LogP contribution in [-0.4, -0.2) is 11.5 Å². The van der Waals surface area contributed by atoms with Crippen molar-refractivity contribution in [2.75, 3.05) is 6.61 Å². The van der Waals surface area contributed by atoms with E-state index in [2.05, 4.69) is 0 Å². The van der Waals surface area contributed by atoms with Gasteiger partial charge >= 0.3 is 5.69 Å². The van der Waals surface area contributed by atoms with Crippen molar-refractivity contribution in [2.24, 2.45) is 0 Å². The van der Waals surface area contributed by atoms with Crippen LogP contribution in [0, 0.1) is 22.9 Å². The minimum Gasteiger partial charge on any atom is -0.487 e. The Bertz CT molecular complexity index is 973. The summed E-state index contributed by atoms with van der Waals surface area (Å²) in [6.07, 6.45) is 0. The van der Waals surface area contributed by atoms with Crippen LogP contribution in [0.4, 0.5) is 10.1 Å². The Labute approximate surface area is 156 Å². The van der Waals surface area contributed by atoms with Crippen molar-refractivity contribution >= 4 is 5.69 Å². The highest BCUT2D eigenvalue weighted by Crippen LogP contribution is 2.46. The number of benzene rings is 3. The van der Waals surface area contributed by atoms with E-state index in [9.17, 15) is 14.5 Å². The molecule has 3 aromatic carbocycles. The van der Waals surface area contributed by atoms with Gasteiger partial charge in [0.25, 0.3) is 0 Å².